The number of methoxy groups -OCH3 is 2. The van der Waals surface area contributed by atoms with Crippen molar-refractivity contribution in [3.05, 3.63) is 64.8 Å². The van der Waals surface area contributed by atoms with Crippen molar-refractivity contribution in [3.8, 4) is 0 Å². The number of aliphatic hydroxyl groups is 4. The number of hydrogen-bond acceptors (Lipinski definition) is 13. The van der Waals surface area contributed by atoms with Crippen molar-refractivity contribution in [3.63, 3.8) is 0 Å². The smallest absolute Gasteiger partial charge is 0.329 e. The van der Waals surface area contributed by atoms with E-state index in [4.69, 9.17) is 18.9 Å². The number of carbonyl (C=O) groups excluding carboxylic acids is 5. The lowest BCUT2D eigenvalue weighted by atomic mass is 9.78. The first kappa shape index (κ1) is 53.1. The number of carbonyl (C=O) groups is 5. The number of aliphatic hydroxyl groups excluding tert-OH is 3. The van der Waals surface area contributed by atoms with Crippen molar-refractivity contribution in [1.29, 1.82) is 0 Å². The highest BCUT2D eigenvalue weighted by atomic mass is 16.7. The van der Waals surface area contributed by atoms with Gasteiger partial charge in [-0.2, -0.15) is 0 Å². The van der Waals surface area contributed by atoms with E-state index in [0.717, 1.165) is 16.0 Å². The van der Waals surface area contributed by atoms with E-state index in [9.17, 15) is 44.4 Å². The number of rotatable bonds is 9. The third kappa shape index (κ3) is 13.0. The van der Waals surface area contributed by atoms with Gasteiger partial charge in [0.15, 0.2) is 5.78 Å². The normalized spacial score (nSPS) is 37.1. The molecule has 1 aromatic carbocycles. The van der Waals surface area contributed by atoms with E-state index in [1.807, 2.05) is 50.3 Å². The highest BCUT2D eigenvalue weighted by molar-refractivity contribution is 6.39. The summed E-state index contributed by atoms with van der Waals surface area (Å²) in [4.78, 5) is 70.6. The zero-order chi connectivity index (χ0) is 48.5. The van der Waals surface area contributed by atoms with Crippen LogP contribution in [0.1, 0.15) is 128 Å². The van der Waals surface area contributed by atoms with Gasteiger partial charge in [0.25, 0.3) is 11.7 Å². The molecule has 3 fully saturated rings. The summed E-state index contributed by atoms with van der Waals surface area (Å²) in [5, 5.41) is 44.6. The summed E-state index contributed by atoms with van der Waals surface area (Å²) in [5.74, 6) is -8.60. The number of ketones is 3. The Labute approximate surface area is 390 Å². The Morgan fingerprint density at radius 3 is 2.24 bits per heavy atom. The van der Waals surface area contributed by atoms with Crippen molar-refractivity contribution in [1.82, 2.24) is 4.90 Å². The number of nitrogens with zero attached hydrogens (tertiary/aromatic N) is 1. The third-order valence-electron chi connectivity index (χ3n) is 14.6. The molecule has 0 spiro atoms. The SMILES string of the molecule is CO[C@H]1C[C@@H](C)C/C(C)=C/C(C/C=C/c2ccc(C(C)=O)cc2)C(=O)C[C@H](O)[C@@H](C)[C@@H](/C(C)=C/C2CC[C@@H](O)[C@H](CO)C2)OC(=O)C2CCCCN2C(=O)C(=O)[C@]2(O)OC1[C@@H](OC)C[C@H]2C. The van der Waals surface area contributed by atoms with Gasteiger partial charge in [0.1, 0.15) is 24.0 Å². The second kappa shape index (κ2) is 23.9. The molecule has 0 aromatic heterocycles. The largest absolute Gasteiger partial charge is 0.456 e. The zero-order valence-corrected chi connectivity index (χ0v) is 40.2. The Hall–Kier alpha value is -3.89. The first-order valence-electron chi connectivity index (χ1n) is 24.0. The Bertz CT molecular complexity index is 1940. The van der Waals surface area contributed by atoms with Crippen LogP contribution in [0.25, 0.3) is 6.08 Å². The maximum Gasteiger partial charge on any atom is 0.329 e. The predicted octanol–water partition coefficient (Wildman–Crippen LogP) is 5.96. The molecule has 3 aliphatic heterocycles. The molecule has 2 saturated heterocycles. The maximum atomic E-state index is 14.5. The van der Waals surface area contributed by atoms with E-state index in [2.05, 4.69) is 0 Å². The van der Waals surface area contributed by atoms with Gasteiger partial charge in [-0.05, 0) is 108 Å². The molecule has 366 valence electrons. The Morgan fingerprint density at radius 2 is 1.59 bits per heavy atom. The highest BCUT2D eigenvalue weighted by Crippen LogP contribution is 2.39. The lowest BCUT2D eigenvalue weighted by Crippen LogP contribution is -2.64. The quantitative estimate of drug-likeness (QED) is 0.0978. The molecule has 4 unspecified atom stereocenters. The molecule has 1 amide bonds. The molecule has 5 rings (SSSR count). The summed E-state index contributed by atoms with van der Waals surface area (Å²) in [6.07, 6.45) is 6.59. The van der Waals surface area contributed by atoms with Gasteiger partial charge < -0.3 is 44.3 Å². The number of cyclic esters (lactones) is 1. The number of Topliss-reactive ketones (excluding diaryl/α,β-unsaturated/α-hetero) is 3. The molecule has 1 aromatic rings. The molecule has 4 aliphatic rings. The molecule has 66 heavy (non-hydrogen) atoms. The molecule has 1 aliphatic carbocycles. The highest BCUT2D eigenvalue weighted by Gasteiger charge is 2.56. The topological polar surface area (TPSA) is 206 Å². The van der Waals surface area contributed by atoms with E-state index < -0.39 is 83.9 Å². The lowest BCUT2D eigenvalue weighted by Gasteiger charge is -2.47. The fraction of sp³-hybridized carbons (Fsp3) is 0.673. The van der Waals surface area contributed by atoms with Gasteiger partial charge in [0, 0.05) is 63.0 Å². The number of hydrogen-bond donors (Lipinski definition) is 4. The molecule has 14 atom stereocenters. The van der Waals surface area contributed by atoms with Crippen LogP contribution in [0.15, 0.2) is 53.6 Å². The average molecular weight is 922 g/mol. The minimum atomic E-state index is -2.55. The molecule has 0 radical (unpaired) electrons. The Kier molecular flexibility index (Phi) is 19.2. The van der Waals surface area contributed by atoms with Gasteiger partial charge >= 0.3 is 5.97 Å². The molecule has 3 heterocycles. The molecule has 1 saturated carbocycles. The van der Waals surface area contributed by atoms with Crippen LogP contribution >= 0.6 is 0 Å². The second-order valence-corrected chi connectivity index (χ2v) is 19.7. The third-order valence-corrected chi connectivity index (χ3v) is 14.6. The summed E-state index contributed by atoms with van der Waals surface area (Å²) in [7, 11) is 3.03. The van der Waals surface area contributed by atoms with Crippen molar-refractivity contribution < 1.29 is 63.3 Å². The minimum absolute atomic E-state index is 0.0387. The number of allylic oxidation sites excluding steroid dienone is 4. The first-order chi connectivity index (χ1) is 31.3. The van der Waals surface area contributed by atoms with Gasteiger partial charge in [-0.1, -0.05) is 74.9 Å². The number of fused-ring (bicyclic) bond motifs is 3. The molecular weight excluding hydrogens is 847 g/mol. The standard InChI is InChI=1S/C52H75NO13/c1-30-22-31(2)24-45(63-7)48-46(64-8)26-33(4)52(62,66-48)49(59)50(60)53-21-10-9-14-41(53)51(61)65-47(32(3)25-37-17-20-42(56)40(27-37)29-54)34(5)43(57)28-44(58)39(23-30)13-11-12-36-15-18-38(19-16-36)35(6)55/h11-12,15-16,18-19,23,25,31,33-34,37,39-43,45-48,54,56-57,62H,9-10,13-14,17,20-22,24,26-29H2,1-8H3/b12-11+,30-23+,32-25+/t31-,33+,34+,37?,39?,40-,41?,42+,43-,45-,46-,47+,48?,52+/m0/s1. The number of benzene rings is 1. The summed E-state index contributed by atoms with van der Waals surface area (Å²) in [6.45, 7) is 10.5. The molecule has 4 N–H and O–H groups in total. The van der Waals surface area contributed by atoms with Crippen molar-refractivity contribution in [2.45, 2.75) is 161 Å². The molecule has 2 bridgehead atoms. The van der Waals surface area contributed by atoms with Gasteiger partial charge in [-0.3, -0.25) is 19.2 Å². The van der Waals surface area contributed by atoms with Crippen LogP contribution in [-0.4, -0.2) is 130 Å². The minimum Gasteiger partial charge on any atom is -0.456 e. The van der Waals surface area contributed by atoms with E-state index in [-0.39, 0.29) is 61.7 Å². The van der Waals surface area contributed by atoms with Crippen molar-refractivity contribution >= 4 is 35.3 Å². The van der Waals surface area contributed by atoms with Crippen molar-refractivity contribution in [2.24, 2.45) is 35.5 Å². The van der Waals surface area contributed by atoms with Crippen LogP contribution in [0.2, 0.25) is 0 Å². The predicted molar refractivity (Wildman–Crippen MR) is 248 cm³/mol. The van der Waals surface area contributed by atoms with Crippen LogP contribution in [-0.2, 0) is 38.1 Å². The van der Waals surface area contributed by atoms with Crippen LogP contribution in [0.3, 0.4) is 0 Å². The Morgan fingerprint density at radius 1 is 0.909 bits per heavy atom. The molecule has 14 nitrogen and oxygen atoms in total. The van der Waals surface area contributed by atoms with E-state index >= 15 is 0 Å². The average Bonchev–Trinajstić information content (AvgIpc) is 3.29. The van der Waals surface area contributed by atoms with Crippen LogP contribution < -0.4 is 0 Å². The fourth-order valence-corrected chi connectivity index (χ4v) is 10.5. The maximum absolute atomic E-state index is 14.5. The number of ether oxygens (including phenoxy) is 4. The Balaban J connectivity index is 1.55. The molecular formula is C52H75NO13. The van der Waals surface area contributed by atoms with Gasteiger partial charge in [0.05, 0.1) is 24.4 Å². The monoisotopic (exact) mass is 922 g/mol. The molecule has 14 heteroatoms. The van der Waals surface area contributed by atoms with Crippen LogP contribution in [0, 0.1) is 35.5 Å². The number of esters is 1. The number of amides is 1. The van der Waals surface area contributed by atoms with E-state index in [1.165, 1.54) is 21.1 Å². The summed E-state index contributed by atoms with van der Waals surface area (Å²) < 4.78 is 24.4. The summed E-state index contributed by atoms with van der Waals surface area (Å²) in [6, 6.07) is 6.00. The van der Waals surface area contributed by atoms with E-state index in [0.29, 0.717) is 62.5 Å². The van der Waals surface area contributed by atoms with Crippen LogP contribution in [0.5, 0.6) is 0 Å². The fourth-order valence-electron chi connectivity index (χ4n) is 10.5. The van der Waals surface area contributed by atoms with Gasteiger partial charge in [-0.25, -0.2) is 4.79 Å². The van der Waals surface area contributed by atoms with Crippen molar-refractivity contribution in [2.75, 3.05) is 27.4 Å². The van der Waals surface area contributed by atoms with Gasteiger partial charge in [-0.15, -0.1) is 0 Å². The number of piperidine rings is 1. The lowest BCUT2D eigenvalue weighted by molar-refractivity contribution is -0.302. The van der Waals surface area contributed by atoms with Crippen LogP contribution in [0.4, 0.5) is 0 Å². The summed E-state index contributed by atoms with van der Waals surface area (Å²) >= 11 is 0. The van der Waals surface area contributed by atoms with Gasteiger partial charge in [0.2, 0.25) is 5.79 Å². The first-order valence-corrected chi connectivity index (χ1v) is 24.0. The van der Waals surface area contributed by atoms with E-state index in [1.54, 1.807) is 32.9 Å². The zero-order valence-electron chi connectivity index (χ0n) is 40.2. The summed E-state index contributed by atoms with van der Waals surface area (Å²) in [5.41, 5.74) is 2.97. The second-order valence-electron chi connectivity index (χ2n) is 19.7.